The average molecular weight is 432 g/mol. The molecule has 1 aromatic heterocycles. The number of carbonyl (C=O) groups is 1. The van der Waals surface area contributed by atoms with Crippen molar-refractivity contribution in [3.05, 3.63) is 59.9 Å². The number of benzene rings is 2. The average Bonchev–Trinajstić information content (AvgIpc) is 2.96. The molecular formula is C21H19F3N4OS. The molecule has 0 radical (unpaired) electrons. The number of fused-ring (bicyclic) bond motifs is 1. The first kappa shape index (κ1) is 20.5. The second kappa shape index (κ2) is 8.51. The Morgan fingerprint density at radius 1 is 1.03 bits per heavy atom. The van der Waals surface area contributed by atoms with Gasteiger partial charge in [0.2, 0.25) is 0 Å². The fraction of sp³-hybridized carbons (Fsp3) is 0.286. The van der Waals surface area contributed by atoms with Gasteiger partial charge >= 0.3 is 5.51 Å². The molecule has 9 heteroatoms. The minimum Gasteiger partial charge on any atom is -0.322 e. The van der Waals surface area contributed by atoms with Crippen LogP contribution in [-0.2, 0) is 13.0 Å². The number of alkyl halides is 3. The monoisotopic (exact) mass is 432 g/mol. The molecule has 1 N–H and O–H groups in total. The number of anilines is 1. The number of hydrogen-bond donors (Lipinski definition) is 1. The number of aromatic nitrogens is 3. The Labute approximate surface area is 175 Å². The van der Waals surface area contributed by atoms with Crippen LogP contribution < -0.4 is 5.32 Å². The van der Waals surface area contributed by atoms with E-state index in [0.717, 1.165) is 43.0 Å². The lowest BCUT2D eigenvalue weighted by atomic mass is 10.1. The standard InChI is InChI=1S/C21H19F3N4OS/c22-21(23,24)30-17-10-8-14(9-11-17)20(29)25-16-6-4-5-15(13-16)19-27-26-18-7-2-1-3-12-28(18)19/h4-6,8-11,13H,1-3,7,12H2,(H,25,29). The van der Waals surface area contributed by atoms with E-state index in [-0.39, 0.29) is 22.2 Å². The summed E-state index contributed by atoms with van der Waals surface area (Å²) in [5.74, 6) is 1.36. The van der Waals surface area contributed by atoms with Crippen LogP contribution in [0.25, 0.3) is 11.4 Å². The number of nitrogens with zero attached hydrogens (tertiary/aromatic N) is 3. The zero-order chi connectivity index (χ0) is 21.1. The van der Waals surface area contributed by atoms with E-state index in [4.69, 9.17) is 0 Å². The topological polar surface area (TPSA) is 59.8 Å². The maximum Gasteiger partial charge on any atom is 0.446 e. The first-order valence-corrected chi connectivity index (χ1v) is 10.4. The minimum atomic E-state index is -4.36. The Kier molecular flexibility index (Phi) is 5.80. The van der Waals surface area contributed by atoms with Crippen LogP contribution in [0.5, 0.6) is 0 Å². The van der Waals surface area contributed by atoms with Crippen LogP contribution in [0.1, 0.15) is 35.4 Å². The van der Waals surface area contributed by atoms with Gasteiger partial charge in [0, 0.05) is 34.7 Å². The first-order valence-electron chi connectivity index (χ1n) is 9.59. The lowest BCUT2D eigenvalue weighted by Crippen LogP contribution is -2.12. The molecule has 0 saturated carbocycles. The summed E-state index contributed by atoms with van der Waals surface area (Å²) in [5, 5.41) is 11.4. The number of hydrogen-bond acceptors (Lipinski definition) is 4. The second-order valence-electron chi connectivity index (χ2n) is 7.01. The van der Waals surface area contributed by atoms with Crippen molar-refractivity contribution in [1.29, 1.82) is 0 Å². The third-order valence-corrected chi connectivity index (χ3v) is 5.58. The number of rotatable bonds is 4. The minimum absolute atomic E-state index is 0.0357. The van der Waals surface area contributed by atoms with Gasteiger partial charge in [-0.3, -0.25) is 4.79 Å². The molecule has 1 aliphatic rings. The summed E-state index contributed by atoms with van der Waals surface area (Å²) >= 11 is -0.209. The van der Waals surface area contributed by atoms with Crippen molar-refractivity contribution in [2.75, 3.05) is 5.32 Å². The van der Waals surface area contributed by atoms with Gasteiger partial charge in [-0.05, 0) is 61.0 Å². The summed E-state index contributed by atoms with van der Waals surface area (Å²) in [7, 11) is 0. The molecule has 1 aliphatic heterocycles. The Bertz CT molecular complexity index is 1050. The van der Waals surface area contributed by atoms with E-state index in [9.17, 15) is 18.0 Å². The fourth-order valence-corrected chi connectivity index (χ4v) is 3.99. The van der Waals surface area contributed by atoms with Crippen LogP contribution in [0.15, 0.2) is 53.4 Å². The summed E-state index contributed by atoms with van der Waals surface area (Å²) in [5.41, 5.74) is -2.64. The Balaban J connectivity index is 1.50. The smallest absolute Gasteiger partial charge is 0.322 e. The normalized spacial score (nSPS) is 14.1. The maximum absolute atomic E-state index is 12.5. The van der Waals surface area contributed by atoms with Gasteiger partial charge in [0.05, 0.1) is 0 Å². The molecule has 30 heavy (non-hydrogen) atoms. The molecule has 3 aromatic rings. The highest BCUT2D eigenvalue weighted by molar-refractivity contribution is 8.00. The number of thioether (sulfide) groups is 1. The number of amides is 1. The van der Waals surface area contributed by atoms with Gasteiger partial charge in [-0.15, -0.1) is 10.2 Å². The largest absolute Gasteiger partial charge is 0.446 e. The lowest BCUT2D eigenvalue weighted by molar-refractivity contribution is -0.0328. The molecule has 0 bridgehead atoms. The molecule has 0 saturated heterocycles. The zero-order valence-corrected chi connectivity index (χ0v) is 16.8. The van der Waals surface area contributed by atoms with Crippen molar-refractivity contribution in [3.8, 4) is 11.4 Å². The number of nitrogens with one attached hydrogen (secondary N) is 1. The predicted octanol–water partition coefficient (Wildman–Crippen LogP) is 5.54. The highest BCUT2D eigenvalue weighted by Gasteiger charge is 2.29. The SMILES string of the molecule is O=C(Nc1cccc(-c2nnc3n2CCCCC3)c1)c1ccc(SC(F)(F)F)cc1. The highest BCUT2D eigenvalue weighted by atomic mass is 32.2. The fourth-order valence-electron chi connectivity index (χ4n) is 3.45. The molecule has 1 amide bonds. The number of halogens is 3. The second-order valence-corrected chi connectivity index (χ2v) is 8.15. The van der Waals surface area contributed by atoms with E-state index in [1.807, 2.05) is 18.2 Å². The van der Waals surface area contributed by atoms with Crippen LogP contribution in [0.2, 0.25) is 0 Å². The van der Waals surface area contributed by atoms with Crippen LogP contribution in [-0.4, -0.2) is 26.2 Å². The zero-order valence-electron chi connectivity index (χ0n) is 15.9. The Hall–Kier alpha value is -2.81. The molecule has 2 heterocycles. The van der Waals surface area contributed by atoms with Crippen molar-refractivity contribution >= 4 is 23.4 Å². The van der Waals surface area contributed by atoms with Crippen molar-refractivity contribution < 1.29 is 18.0 Å². The summed E-state index contributed by atoms with van der Waals surface area (Å²) < 4.78 is 39.5. The van der Waals surface area contributed by atoms with Gasteiger partial charge in [-0.1, -0.05) is 18.6 Å². The van der Waals surface area contributed by atoms with Crippen molar-refractivity contribution in [3.63, 3.8) is 0 Å². The van der Waals surface area contributed by atoms with Crippen molar-refractivity contribution in [2.45, 2.75) is 42.6 Å². The van der Waals surface area contributed by atoms with Crippen LogP contribution in [0.3, 0.4) is 0 Å². The Morgan fingerprint density at radius 2 is 1.83 bits per heavy atom. The van der Waals surface area contributed by atoms with Crippen LogP contribution in [0, 0.1) is 0 Å². The van der Waals surface area contributed by atoms with Gasteiger partial charge in [-0.25, -0.2) is 0 Å². The van der Waals surface area contributed by atoms with Crippen LogP contribution in [0.4, 0.5) is 18.9 Å². The van der Waals surface area contributed by atoms with Gasteiger partial charge in [0.1, 0.15) is 5.82 Å². The van der Waals surface area contributed by atoms with Crippen molar-refractivity contribution in [2.24, 2.45) is 0 Å². The highest BCUT2D eigenvalue weighted by Crippen LogP contribution is 2.36. The van der Waals surface area contributed by atoms with Gasteiger partial charge in [0.25, 0.3) is 5.91 Å². The van der Waals surface area contributed by atoms with E-state index in [2.05, 4.69) is 20.1 Å². The van der Waals surface area contributed by atoms with E-state index in [1.165, 1.54) is 30.7 Å². The van der Waals surface area contributed by atoms with Gasteiger partial charge in [0.15, 0.2) is 5.82 Å². The molecule has 5 nitrogen and oxygen atoms in total. The van der Waals surface area contributed by atoms with E-state index in [1.54, 1.807) is 6.07 Å². The molecule has 0 spiro atoms. The van der Waals surface area contributed by atoms with E-state index in [0.29, 0.717) is 5.69 Å². The molecule has 156 valence electrons. The summed E-state index contributed by atoms with van der Waals surface area (Å²) in [6.07, 6.45) is 4.26. The molecule has 0 aliphatic carbocycles. The quantitative estimate of drug-likeness (QED) is 0.550. The predicted molar refractivity (Wildman–Crippen MR) is 109 cm³/mol. The lowest BCUT2D eigenvalue weighted by Gasteiger charge is -2.10. The Morgan fingerprint density at radius 3 is 2.60 bits per heavy atom. The third-order valence-electron chi connectivity index (χ3n) is 4.84. The van der Waals surface area contributed by atoms with Crippen molar-refractivity contribution in [1.82, 2.24) is 14.8 Å². The van der Waals surface area contributed by atoms with Crippen LogP contribution >= 0.6 is 11.8 Å². The molecule has 0 fully saturated rings. The van der Waals surface area contributed by atoms with E-state index < -0.39 is 11.4 Å². The maximum atomic E-state index is 12.5. The summed E-state index contributed by atoms with van der Waals surface area (Å²) in [6, 6.07) is 12.7. The van der Waals surface area contributed by atoms with E-state index >= 15 is 0 Å². The molecule has 0 atom stereocenters. The van der Waals surface area contributed by atoms with Gasteiger partial charge < -0.3 is 9.88 Å². The number of aryl methyl sites for hydroxylation is 1. The molecular weight excluding hydrogens is 413 g/mol. The first-order chi connectivity index (χ1) is 14.4. The van der Waals surface area contributed by atoms with Gasteiger partial charge in [-0.2, -0.15) is 13.2 Å². The third kappa shape index (κ3) is 4.84. The number of carbonyl (C=O) groups excluding carboxylic acids is 1. The molecule has 0 unspecified atom stereocenters. The summed E-state index contributed by atoms with van der Waals surface area (Å²) in [4.78, 5) is 12.5. The molecule has 4 rings (SSSR count). The molecule has 2 aromatic carbocycles. The summed E-state index contributed by atoms with van der Waals surface area (Å²) in [6.45, 7) is 0.872.